The van der Waals surface area contributed by atoms with Crippen molar-refractivity contribution in [1.82, 2.24) is 5.32 Å². The maximum absolute atomic E-state index is 13.3. The number of hydrogen-bond acceptors (Lipinski definition) is 2. The minimum Gasteiger partial charge on any atom is -0.324 e. The topological polar surface area (TPSA) is 38.0 Å². The van der Waals surface area contributed by atoms with E-state index in [-0.39, 0.29) is 5.56 Å². The molecule has 0 aliphatic rings. The Kier molecular flexibility index (Phi) is 4.65. The lowest BCUT2D eigenvalue weighted by Gasteiger charge is -2.12. The number of benzene rings is 1. The molecule has 0 aliphatic carbocycles. The minimum atomic E-state index is -0.449. The maximum Gasteiger partial charge on any atom is 0.128 e. The van der Waals surface area contributed by atoms with E-state index in [1.54, 1.807) is 0 Å². The van der Waals surface area contributed by atoms with E-state index in [9.17, 15) is 8.78 Å². The van der Waals surface area contributed by atoms with E-state index in [2.05, 4.69) is 5.32 Å². The molecule has 2 nitrogen and oxygen atoms in total. The molecule has 0 saturated heterocycles. The molecule has 0 aliphatic heterocycles. The smallest absolute Gasteiger partial charge is 0.128 e. The molecule has 0 radical (unpaired) electrons. The van der Waals surface area contributed by atoms with Crippen molar-refractivity contribution < 1.29 is 8.78 Å². The fourth-order valence-corrected chi connectivity index (χ4v) is 1.45. The van der Waals surface area contributed by atoms with Gasteiger partial charge in [0.05, 0.1) is 0 Å². The van der Waals surface area contributed by atoms with Gasteiger partial charge in [0, 0.05) is 11.6 Å². The third kappa shape index (κ3) is 3.57. The van der Waals surface area contributed by atoms with Gasteiger partial charge < -0.3 is 11.1 Å². The molecule has 0 spiro atoms. The quantitative estimate of drug-likeness (QED) is 0.735. The second kappa shape index (κ2) is 5.78. The summed E-state index contributed by atoms with van der Waals surface area (Å²) < 4.78 is 26.1. The summed E-state index contributed by atoms with van der Waals surface area (Å²) in [5.41, 5.74) is 6.03. The lowest BCUT2D eigenvalue weighted by Crippen LogP contribution is -2.15. The van der Waals surface area contributed by atoms with Crippen LogP contribution in [0.4, 0.5) is 8.78 Å². The molecule has 3 N–H and O–H groups in total. The van der Waals surface area contributed by atoms with Crippen LogP contribution in [0, 0.1) is 11.6 Å². The number of halogens is 2. The van der Waals surface area contributed by atoms with Gasteiger partial charge in [-0.25, -0.2) is 8.78 Å². The Morgan fingerprint density at radius 3 is 2.80 bits per heavy atom. The Morgan fingerprint density at radius 1 is 1.40 bits per heavy atom. The highest BCUT2D eigenvalue weighted by molar-refractivity contribution is 5.21. The van der Waals surface area contributed by atoms with Crippen LogP contribution >= 0.6 is 0 Å². The molecular weight excluding hydrogens is 198 g/mol. The molecule has 0 bridgehead atoms. The van der Waals surface area contributed by atoms with Crippen LogP contribution in [0.3, 0.4) is 0 Å². The van der Waals surface area contributed by atoms with Crippen molar-refractivity contribution in [3.05, 3.63) is 35.4 Å². The molecule has 0 heterocycles. The largest absolute Gasteiger partial charge is 0.324 e. The van der Waals surface area contributed by atoms with Crippen LogP contribution in [0.2, 0.25) is 0 Å². The van der Waals surface area contributed by atoms with E-state index in [0.29, 0.717) is 6.42 Å². The highest BCUT2D eigenvalue weighted by atomic mass is 19.1. The summed E-state index contributed by atoms with van der Waals surface area (Å²) in [6, 6.07) is 2.94. The first-order chi connectivity index (χ1) is 7.15. The Labute approximate surface area is 88.5 Å². The molecule has 0 amide bonds. The van der Waals surface area contributed by atoms with Crippen molar-refractivity contribution in [3.63, 3.8) is 0 Å². The number of hydrogen-bond donors (Lipinski definition) is 2. The monoisotopic (exact) mass is 214 g/mol. The molecule has 1 aromatic rings. The molecule has 84 valence electrons. The number of nitrogens with one attached hydrogen (secondary N) is 1. The molecule has 15 heavy (non-hydrogen) atoms. The summed E-state index contributed by atoms with van der Waals surface area (Å²) in [6.45, 7) is 0.824. The van der Waals surface area contributed by atoms with E-state index < -0.39 is 17.7 Å². The summed E-state index contributed by atoms with van der Waals surface area (Å²) in [5, 5.41) is 2.98. The highest BCUT2D eigenvalue weighted by Crippen LogP contribution is 2.19. The summed E-state index contributed by atoms with van der Waals surface area (Å²) in [7, 11) is 1.84. The van der Waals surface area contributed by atoms with Crippen molar-refractivity contribution >= 4 is 0 Å². The van der Waals surface area contributed by atoms with Crippen LogP contribution in [-0.2, 0) is 0 Å². The minimum absolute atomic E-state index is 0.256. The normalized spacial score (nSPS) is 12.8. The molecule has 0 aromatic heterocycles. The Hall–Kier alpha value is -1.00. The second-order valence-electron chi connectivity index (χ2n) is 3.52. The Morgan fingerprint density at radius 2 is 2.13 bits per heavy atom. The van der Waals surface area contributed by atoms with Gasteiger partial charge in [-0.3, -0.25) is 0 Å². The van der Waals surface area contributed by atoms with Crippen molar-refractivity contribution in [2.45, 2.75) is 18.9 Å². The predicted molar refractivity (Wildman–Crippen MR) is 56.4 cm³/mol. The molecule has 4 heteroatoms. The van der Waals surface area contributed by atoms with Gasteiger partial charge in [-0.15, -0.1) is 0 Å². The van der Waals surface area contributed by atoms with Gasteiger partial charge in [0.2, 0.25) is 0 Å². The maximum atomic E-state index is 13.3. The SMILES string of the molecule is CNCCCC(N)c1cc(F)ccc1F. The predicted octanol–water partition coefficient (Wildman–Crippen LogP) is 1.96. The molecule has 1 atom stereocenters. The first-order valence-electron chi connectivity index (χ1n) is 5.00. The number of rotatable bonds is 5. The van der Waals surface area contributed by atoms with E-state index >= 15 is 0 Å². The van der Waals surface area contributed by atoms with E-state index in [1.807, 2.05) is 7.05 Å². The molecule has 0 fully saturated rings. The van der Waals surface area contributed by atoms with E-state index in [0.717, 1.165) is 25.1 Å². The average Bonchev–Trinajstić information content (AvgIpc) is 2.22. The molecule has 1 unspecified atom stereocenters. The lowest BCUT2D eigenvalue weighted by molar-refractivity contribution is 0.533. The summed E-state index contributed by atoms with van der Waals surface area (Å²) in [6.07, 6.45) is 1.48. The van der Waals surface area contributed by atoms with Crippen LogP contribution in [0.15, 0.2) is 18.2 Å². The van der Waals surface area contributed by atoms with Crippen LogP contribution in [0.25, 0.3) is 0 Å². The third-order valence-electron chi connectivity index (χ3n) is 2.30. The zero-order chi connectivity index (χ0) is 11.3. The van der Waals surface area contributed by atoms with Gasteiger partial charge in [0.15, 0.2) is 0 Å². The molecule has 0 saturated carbocycles. The van der Waals surface area contributed by atoms with Crippen LogP contribution < -0.4 is 11.1 Å². The van der Waals surface area contributed by atoms with Crippen molar-refractivity contribution in [1.29, 1.82) is 0 Å². The molecule has 1 rings (SSSR count). The Balaban J connectivity index is 2.64. The Bertz CT molecular complexity index is 315. The fraction of sp³-hybridized carbons (Fsp3) is 0.455. The summed E-state index contributed by atoms with van der Waals surface area (Å²) >= 11 is 0. The highest BCUT2D eigenvalue weighted by Gasteiger charge is 2.11. The standard InChI is InChI=1S/C11H16F2N2/c1-15-6-2-3-11(14)9-7-8(12)4-5-10(9)13/h4-5,7,11,15H,2-3,6,14H2,1H3. The van der Waals surface area contributed by atoms with Crippen LogP contribution in [0.1, 0.15) is 24.4 Å². The second-order valence-corrected chi connectivity index (χ2v) is 3.52. The zero-order valence-electron chi connectivity index (χ0n) is 8.76. The van der Waals surface area contributed by atoms with Gasteiger partial charge in [0.25, 0.3) is 0 Å². The molecule has 1 aromatic carbocycles. The first kappa shape index (κ1) is 12.1. The lowest BCUT2D eigenvalue weighted by atomic mass is 10.0. The van der Waals surface area contributed by atoms with E-state index in [4.69, 9.17) is 5.73 Å². The summed E-state index contributed by atoms with van der Waals surface area (Å²) in [4.78, 5) is 0. The number of nitrogens with two attached hydrogens (primary N) is 1. The van der Waals surface area contributed by atoms with Crippen molar-refractivity contribution in [3.8, 4) is 0 Å². The van der Waals surface area contributed by atoms with E-state index in [1.165, 1.54) is 6.07 Å². The summed E-state index contributed by atoms with van der Waals surface area (Å²) in [5.74, 6) is -0.885. The zero-order valence-corrected chi connectivity index (χ0v) is 8.76. The van der Waals surface area contributed by atoms with Gasteiger partial charge >= 0.3 is 0 Å². The van der Waals surface area contributed by atoms with Crippen molar-refractivity contribution in [2.75, 3.05) is 13.6 Å². The van der Waals surface area contributed by atoms with Crippen LogP contribution in [-0.4, -0.2) is 13.6 Å². The average molecular weight is 214 g/mol. The first-order valence-corrected chi connectivity index (χ1v) is 5.00. The van der Waals surface area contributed by atoms with Gasteiger partial charge in [-0.1, -0.05) is 0 Å². The van der Waals surface area contributed by atoms with Crippen LogP contribution in [0.5, 0.6) is 0 Å². The van der Waals surface area contributed by atoms with Gasteiger partial charge in [-0.05, 0) is 44.6 Å². The van der Waals surface area contributed by atoms with Gasteiger partial charge in [0.1, 0.15) is 11.6 Å². The van der Waals surface area contributed by atoms with Crippen molar-refractivity contribution in [2.24, 2.45) is 5.73 Å². The fourth-order valence-electron chi connectivity index (χ4n) is 1.45. The van der Waals surface area contributed by atoms with Gasteiger partial charge in [-0.2, -0.15) is 0 Å². The molecular formula is C11H16F2N2. The third-order valence-corrected chi connectivity index (χ3v) is 2.30.